The maximum atomic E-state index is 5.45. The van der Waals surface area contributed by atoms with Gasteiger partial charge in [-0.15, -0.1) is 0 Å². The van der Waals surface area contributed by atoms with E-state index in [2.05, 4.69) is 27.5 Å². The summed E-state index contributed by atoms with van der Waals surface area (Å²) in [5.41, 5.74) is 3.49. The molecule has 0 amide bonds. The van der Waals surface area contributed by atoms with E-state index in [1.165, 1.54) is 25.7 Å². The second-order valence-corrected chi connectivity index (χ2v) is 6.24. The summed E-state index contributed by atoms with van der Waals surface area (Å²) in [6.45, 7) is 5.38. The van der Waals surface area contributed by atoms with Gasteiger partial charge >= 0.3 is 0 Å². The van der Waals surface area contributed by atoms with Crippen molar-refractivity contribution >= 4 is 23.4 Å². The average Bonchev–Trinajstić information content (AvgIpc) is 2.86. The minimum atomic E-state index is 0.388. The van der Waals surface area contributed by atoms with Crippen molar-refractivity contribution < 1.29 is 0 Å². The summed E-state index contributed by atoms with van der Waals surface area (Å²) in [6, 6.07) is 4.09. The van der Waals surface area contributed by atoms with Crippen LogP contribution < -0.4 is 0 Å². The fourth-order valence-electron chi connectivity index (χ4n) is 3.04. The van der Waals surface area contributed by atoms with Crippen LogP contribution >= 0.6 is 12.2 Å². The van der Waals surface area contributed by atoms with E-state index in [9.17, 15) is 0 Å². The number of nitrogens with one attached hydrogen (secondary N) is 1. The van der Waals surface area contributed by atoms with E-state index in [0.29, 0.717) is 5.41 Å². The summed E-state index contributed by atoms with van der Waals surface area (Å²) in [5.74, 6) is 0. The minimum Gasteiger partial charge on any atom is -0.329 e. The lowest BCUT2D eigenvalue weighted by Crippen LogP contribution is -2.19. The van der Waals surface area contributed by atoms with Gasteiger partial charge in [-0.25, -0.2) is 4.98 Å². The highest BCUT2D eigenvalue weighted by atomic mass is 32.1. The lowest BCUT2D eigenvalue weighted by molar-refractivity contribution is 0.283. The summed E-state index contributed by atoms with van der Waals surface area (Å²) in [7, 11) is 0. The Morgan fingerprint density at radius 2 is 2.11 bits per heavy atom. The highest BCUT2D eigenvalue weighted by Gasteiger charge is 2.29. The predicted molar refractivity (Wildman–Crippen MR) is 76.2 cm³/mol. The number of nitrogens with zero attached hydrogens (tertiary/aromatic N) is 2. The molecule has 0 radical (unpaired) electrons. The number of aromatic amines is 1. The maximum absolute atomic E-state index is 5.45. The van der Waals surface area contributed by atoms with Crippen LogP contribution in [-0.2, 0) is 6.54 Å². The van der Waals surface area contributed by atoms with Crippen molar-refractivity contribution in [3.63, 3.8) is 0 Å². The van der Waals surface area contributed by atoms with E-state index in [4.69, 9.17) is 12.2 Å². The largest absolute Gasteiger partial charge is 0.329 e. The standard InChI is InChI=1S/C14H19N3S/c1-10-5-6-11-12(15-10)17(13(18)16-11)9-14(2)7-3-4-8-14/h5-6H,3-4,7-9H2,1-2H3,(H,16,18). The van der Waals surface area contributed by atoms with Crippen LogP contribution in [0.5, 0.6) is 0 Å². The molecule has 0 saturated heterocycles. The van der Waals surface area contributed by atoms with Crippen molar-refractivity contribution in [1.82, 2.24) is 14.5 Å². The van der Waals surface area contributed by atoms with Crippen LogP contribution in [0, 0.1) is 17.1 Å². The van der Waals surface area contributed by atoms with Gasteiger partial charge in [-0.2, -0.15) is 0 Å². The SMILES string of the molecule is Cc1ccc2[nH]c(=S)n(CC3(C)CCCC3)c2n1. The molecule has 2 heterocycles. The Balaban J connectivity index is 2.08. The van der Waals surface area contributed by atoms with Gasteiger partial charge in [0.1, 0.15) is 0 Å². The molecule has 18 heavy (non-hydrogen) atoms. The normalized spacial score (nSPS) is 18.6. The molecule has 0 aliphatic heterocycles. The zero-order valence-corrected chi connectivity index (χ0v) is 11.8. The smallest absolute Gasteiger partial charge is 0.179 e. The Morgan fingerprint density at radius 1 is 1.39 bits per heavy atom. The van der Waals surface area contributed by atoms with Crippen molar-refractivity contribution in [2.75, 3.05) is 0 Å². The predicted octanol–water partition coefficient (Wildman–Crippen LogP) is 3.98. The quantitative estimate of drug-likeness (QED) is 0.829. The number of aromatic nitrogens is 3. The van der Waals surface area contributed by atoms with Crippen LogP contribution in [0.2, 0.25) is 0 Å². The monoisotopic (exact) mass is 261 g/mol. The molecule has 0 bridgehead atoms. The van der Waals surface area contributed by atoms with E-state index in [1.807, 2.05) is 13.0 Å². The van der Waals surface area contributed by atoms with E-state index in [0.717, 1.165) is 28.2 Å². The fourth-order valence-corrected chi connectivity index (χ4v) is 3.30. The van der Waals surface area contributed by atoms with Crippen molar-refractivity contribution in [1.29, 1.82) is 0 Å². The van der Waals surface area contributed by atoms with E-state index >= 15 is 0 Å². The fraction of sp³-hybridized carbons (Fsp3) is 0.571. The molecule has 3 nitrogen and oxygen atoms in total. The number of rotatable bonds is 2. The molecule has 3 rings (SSSR count). The number of pyridine rings is 1. The second kappa shape index (κ2) is 4.19. The Labute approximate surface area is 112 Å². The highest BCUT2D eigenvalue weighted by Crippen LogP contribution is 2.39. The maximum Gasteiger partial charge on any atom is 0.179 e. The van der Waals surface area contributed by atoms with E-state index in [-0.39, 0.29) is 0 Å². The molecule has 1 saturated carbocycles. The van der Waals surface area contributed by atoms with E-state index in [1.54, 1.807) is 0 Å². The van der Waals surface area contributed by atoms with Crippen molar-refractivity contribution in [3.8, 4) is 0 Å². The average molecular weight is 261 g/mol. The first kappa shape index (κ1) is 11.9. The first-order valence-corrected chi connectivity index (χ1v) is 7.04. The molecule has 0 aromatic carbocycles. The number of imidazole rings is 1. The number of hydrogen-bond acceptors (Lipinski definition) is 2. The first-order chi connectivity index (χ1) is 8.57. The molecule has 1 aliphatic carbocycles. The molecular weight excluding hydrogens is 242 g/mol. The lowest BCUT2D eigenvalue weighted by Gasteiger charge is -2.24. The Bertz CT molecular complexity index is 632. The number of H-pyrrole nitrogens is 1. The van der Waals surface area contributed by atoms with Crippen LogP contribution in [0.3, 0.4) is 0 Å². The Kier molecular flexibility index (Phi) is 2.77. The molecule has 1 fully saturated rings. The summed E-state index contributed by atoms with van der Waals surface area (Å²) in [4.78, 5) is 7.90. The van der Waals surface area contributed by atoms with E-state index < -0.39 is 0 Å². The van der Waals surface area contributed by atoms with Crippen LogP contribution in [0.1, 0.15) is 38.3 Å². The van der Waals surface area contributed by atoms with Crippen LogP contribution in [0.4, 0.5) is 0 Å². The van der Waals surface area contributed by atoms with Gasteiger partial charge in [-0.05, 0) is 49.5 Å². The third-order valence-corrected chi connectivity index (χ3v) is 4.43. The molecule has 2 aromatic rings. The highest BCUT2D eigenvalue weighted by molar-refractivity contribution is 7.71. The van der Waals surface area contributed by atoms with Gasteiger partial charge in [0.05, 0.1) is 5.52 Å². The van der Waals surface area contributed by atoms with Gasteiger partial charge < -0.3 is 9.55 Å². The molecule has 0 spiro atoms. The molecule has 0 atom stereocenters. The topological polar surface area (TPSA) is 33.6 Å². The van der Waals surface area contributed by atoms with Gasteiger partial charge in [0, 0.05) is 12.2 Å². The molecule has 2 aromatic heterocycles. The number of hydrogen-bond donors (Lipinski definition) is 1. The Hall–Kier alpha value is -1.16. The number of fused-ring (bicyclic) bond motifs is 1. The zero-order chi connectivity index (χ0) is 12.8. The van der Waals surface area contributed by atoms with Gasteiger partial charge in [0.15, 0.2) is 10.4 Å². The second-order valence-electron chi connectivity index (χ2n) is 5.86. The third kappa shape index (κ3) is 1.99. The zero-order valence-electron chi connectivity index (χ0n) is 11.0. The lowest BCUT2D eigenvalue weighted by atomic mass is 9.89. The molecule has 0 unspecified atom stereocenters. The van der Waals surface area contributed by atoms with Crippen molar-refractivity contribution in [2.24, 2.45) is 5.41 Å². The number of aryl methyl sites for hydroxylation is 1. The van der Waals surface area contributed by atoms with Gasteiger partial charge in [0.25, 0.3) is 0 Å². The molecule has 1 N–H and O–H groups in total. The molecule has 1 aliphatic rings. The van der Waals surface area contributed by atoms with Crippen molar-refractivity contribution in [3.05, 3.63) is 22.6 Å². The molecule has 4 heteroatoms. The van der Waals surface area contributed by atoms with Gasteiger partial charge in [-0.3, -0.25) is 0 Å². The third-order valence-electron chi connectivity index (χ3n) is 4.11. The summed E-state index contributed by atoms with van der Waals surface area (Å²) >= 11 is 5.45. The van der Waals surface area contributed by atoms with Crippen LogP contribution in [0.15, 0.2) is 12.1 Å². The van der Waals surface area contributed by atoms with Gasteiger partial charge in [-0.1, -0.05) is 19.8 Å². The summed E-state index contributed by atoms with van der Waals surface area (Å²) < 4.78 is 2.99. The molecule has 96 valence electrons. The minimum absolute atomic E-state index is 0.388. The van der Waals surface area contributed by atoms with Crippen LogP contribution in [0.25, 0.3) is 11.2 Å². The first-order valence-electron chi connectivity index (χ1n) is 6.64. The summed E-state index contributed by atoms with van der Waals surface area (Å²) in [6.07, 6.45) is 5.29. The van der Waals surface area contributed by atoms with Gasteiger partial charge in [0.2, 0.25) is 0 Å². The van der Waals surface area contributed by atoms with Crippen LogP contribution in [-0.4, -0.2) is 14.5 Å². The molecular formula is C14H19N3S. The van der Waals surface area contributed by atoms with Crippen molar-refractivity contribution in [2.45, 2.75) is 46.1 Å². The summed E-state index contributed by atoms with van der Waals surface area (Å²) in [5, 5.41) is 0. The Morgan fingerprint density at radius 3 is 2.83 bits per heavy atom.